The summed E-state index contributed by atoms with van der Waals surface area (Å²) in [6.07, 6.45) is 2.56. The summed E-state index contributed by atoms with van der Waals surface area (Å²) in [6, 6.07) is 7.63. The van der Waals surface area contributed by atoms with Crippen LogP contribution in [0.4, 0.5) is 0 Å². The Bertz CT molecular complexity index is 560. The fourth-order valence-corrected chi connectivity index (χ4v) is 2.09. The molecular weight excluding hydrogens is 242 g/mol. The molecule has 0 spiro atoms. The van der Waals surface area contributed by atoms with E-state index in [0.29, 0.717) is 12.3 Å². The Balaban J connectivity index is 1.99. The number of furan rings is 1. The van der Waals surface area contributed by atoms with Gasteiger partial charge < -0.3 is 14.8 Å². The predicted octanol–water partition coefficient (Wildman–Crippen LogP) is 2.63. The zero-order valence-electron chi connectivity index (χ0n) is 11.1. The lowest BCUT2D eigenvalue weighted by atomic mass is 10.1. The van der Waals surface area contributed by atoms with Gasteiger partial charge in [-0.1, -0.05) is 18.2 Å². The quantitative estimate of drug-likeness (QED) is 0.786. The normalized spacial score (nSPS) is 10.8. The zero-order valence-corrected chi connectivity index (χ0v) is 11.1. The summed E-state index contributed by atoms with van der Waals surface area (Å²) in [6.45, 7) is 2.71. The van der Waals surface area contributed by atoms with Crippen LogP contribution in [0.2, 0.25) is 0 Å². The number of aryl methyl sites for hydroxylation is 1. The minimum Gasteiger partial charge on any atom is -0.451 e. The maximum absolute atomic E-state index is 12.0. The first-order valence-corrected chi connectivity index (χ1v) is 6.61. The van der Waals surface area contributed by atoms with E-state index in [1.807, 2.05) is 31.2 Å². The number of fused-ring (bicyclic) bond motifs is 1. The molecule has 102 valence electrons. The summed E-state index contributed by atoms with van der Waals surface area (Å²) < 4.78 is 5.59. The number of benzene rings is 1. The maximum Gasteiger partial charge on any atom is 0.287 e. The molecule has 2 rings (SSSR count). The molecule has 0 radical (unpaired) electrons. The molecule has 0 aliphatic carbocycles. The van der Waals surface area contributed by atoms with Crippen LogP contribution in [0.25, 0.3) is 11.0 Å². The van der Waals surface area contributed by atoms with Gasteiger partial charge in [0.25, 0.3) is 5.91 Å². The zero-order chi connectivity index (χ0) is 13.7. The van der Waals surface area contributed by atoms with Gasteiger partial charge in [0.2, 0.25) is 0 Å². The van der Waals surface area contributed by atoms with Crippen LogP contribution in [0.5, 0.6) is 0 Å². The first-order chi connectivity index (χ1) is 9.24. The van der Waals surface area contributed by atoms with Crippen LogP contribution in [-0.2, 0) is 0 Å². The van der Waals surface area contributed by atoms with Crippen molar-refractivity contribution in [1.82, 2.24) is 5.32 Å². The molecule has 0 saturated carbocycles. The monoisotopic (exact) mass is 261 g/mol. The summed E-state index contributed by atoms with van der Waals surface area (Å²) in [7, 11) is 0. The Morgan fingerprint density at radius 3 is 2.79 bits per heavy atom. The summed E-state index contributed by atoms with van der Waals surface area (Å²) in [5.74, 6) is 0.223. The highest BCUT2D eigenvalue weighted by atomic mass is 16.3. The summed E-state index contributed by atoms with van der Waals surface area (Å²) in [5.41, 5.74) is 1.62. The minimum atomic E-state index is -0.169. The number of hydrogen-bond acceptors (Lipinski definition) is 3. The van der Waals surface area contributed by atoms with Gasteiger partial charge in [-0.2, -0.15) is 0 Å². The molecule has 0 unspecified atom stereocenters. The second-order valence-corrected chi connectivity index (χ2v) is 4.59. The molecular formula is C15H19NO3. The molecule has 4 heteroatoms. The third kappa shape index (κ3) is 3.15. The van der Waals surface area contributed by atoms with Crippen LogP contribution >= 0.6 is 0 Å². The Labute approximate surface area is 112 Å². The minimum absolute atomic E-state index is 0.169. The molecule has 0 atom stereocenters. The molecule has 0 fully saturated rings. The van der Waals surface area contributed by atoms with E-state index in [9.17, 15) is 4.79 Å². The van der Waals surface area contributed by atoms with Crippen molar-refractivity contribution >= 4 is 16.9 Å². The van der Waals surface area contributed by atoms with Crippen LogP contribution in [-0.4, -0.2) is 24.2 Å². The van der Waals surface area contributed by atoms with E-state index in [4.69, 9.17) is 9.52 Å². The predicted molar refractivity (Wildman–Crippen MR) is 74.2 cm³/mol. The van der Waals surface area contributed by atoms with E-state index < -0.39 is 0 Å². The lowest BCUT2D eigenvalue weighted by Gasteiger charge is -2.03. The highest BCUT2D eigenvalue weighted by Crippen LogP contribution is 2.24. The van der Waals surface area contributed by atoms with Gasteiger partial charge in [-0.05, 0) is 32.3 Å². The fourth-order valence-electron chi connectivity index (χ4n) is 2.09. The number of amides is 1. The molecule has 0 aliphatic rings. The van der Waals surface area contributed by atoms with Gasteiger partial charge >= 0.3 is 0 Å². The Morgan fingerprint density at radius 1 is 1.26 bits per heavy atom. The summed E-state index contributed by atoms with van der Waals surface area (Å²) in [4.78, 5) is 12.0. The second kappa shape index (κ2) is 6.38. The number of carbonyl (C=O) groups excluding carboxylic acids is 1. The number of hydrogen-bond donors (Lipinski definition) is 2. The van der Waals surface area contributed by atoms with E-state index in [-0.39, 0.29) is 12.5 Å². The second-order valence-electron chi connectivity index (χ2n) is 4.59. The van der Waals surface area contributed by atoms with Crippen molar-refractivity contribution in [2.24, 2.45) is 0 Å². The van der Waals surface area contributed by atoms with Crippen LogP contribution in [0.15, 0.2) is 28.7 Å². The highest BCUT2D eigenvalue weighted by molar-refractivity contribution is 5.98. The number of nitrogens with one attached hydrogen (secondary N) is 1. The first kappa shape index (κ1) is 13.6. The van der Waals surface area contributed by atoms with Crippen molar-refractivity contribution in [2.75, 3.05) is 13.2 Å². The highest BCUT2D eigenvalue weighted by Gasteiger charge is 2.16. The molecule has 19 heavy (non-hydrogen) atoms. The Morgan fingerprint density at radius 2 is 2.05 bits per heavy atom. The molecule has 1 aromatic heterocycles. The third-order valence-electron chi connectivity index (χ3n) is 3.17. The van der Waals surface area contributed by atoms with Crippen molar-refractivity contribution in [1.29, 1.82) is 0 Å². The van der Waals surface area contributed by atoms with Crippen LogP contribution in [0.1, 0.15) is 35.4 Å². The Kier molecular flexibility index (Phi) is 4.58. The van der Waals surface area contributed by atoms with Gasteiger partial charge in [0.1, 0.15) is 5.58 Å². The molecule has 2 aromatic rings. The maximum atomic E-state index is 12.0. The van der Waals surface area contributed by atoms with Gasteiger partial charge in [-0.25, -0.2) is 0 Å². The number of carbonyl (C=O) groups is 1. The van der Waals surface area contributed by atoms with Gasteiger partial charge in [-0.3, -0.25) is 4.79 Å². The van der Waals surface area contributed by atoms with E-state index in [1.54, 1.807) is 0 Å². The van der Waals surface area contributed by atoms with E-state index in [1.165, 1.54) is 0 Å². The average molecular weight is 261 g/mol. The molecule has 0 saturated heterocycles. The van der Waals surface area contributed by atoms with Crippen molar-refractivity contribution in [3.63, 3.8) is 0 Å². The number of aliphatic hydroxyl groups excluding tert-OH is 1. The number of unbranched alkanes of at least 4 members (excludes halogenated alkanes) is 2. The summed E-state index contributed by atoms with van der Waals surface area (Å²) >= 11 is 0. The molecule has 1 aromatic carbocycles. The molecule has 0 bridgehead atoms. The van der Waals surface area contributed by atoms with Crippen molar-refractivity contribution in [3.8, 4) is 0 Å². The standard InChI is InChI=1S/C15H19NO3/c1-11-12-7-3-4-8-13(12)19-14(11)15(18)16-9-5-2-6-10-17/h3-4,7-8,17H,2,5-6,9-10H2,1H3,(H,16,18). The lowest BCUT2D eigenvalue weighted by molar-refractivity contribution is 0.0926. The van der Waals surface area contributed by atoms with Crippen molar-refractivity contribution in [3.05, 3.63) is 35.6 Å². The molecule has 1 amide bonds. The molecule has 2 N–H and O–H groups in total. The SMILES string of the molecule is Cc1c(C(=O)NCCCCCO)oc2ccccc12. The number of aliphatic hydroxyl groups is 1. The molecule has 4 nitrogen and oxygen atoms in total. The van der Waals surface area contributed by atoms with Gasteiger partial charge in [0.05, 0.1) is 0 Å². The largest absolute Gasteiger partial charge is 0.451 e. The van der Waals surface area contributed by atoms with E-state index >= 15 is 0 Å². The van der Waals surface area contributed by atoms with Crippen LogP contribution < -0.4 is 5.32 Å². The number of rotatable bonds is 6. The lowest BCUT2D eigenvalue weighted by Crippen LogP contribution is -2.24. The van der Waals surface area contributed by atoms with Crippen LogP contribution in [0.3, 0.4) is 0 Å². The van der Waals surface area contributed by atoms with E-state index in [0.717, 1.165) is 35.8 Å². The third-order valence-corrected chi connectivity index (χ3v) is 3.17. The Hall–Kier alpha value is -1.81. The summed E-state index contributed by atoms with van der Waals surface area (Å²) in [5, 5.41) is 12.5. The van der Waals surface area contributed by atoms with Crippen molar-refractivity contribution in [2.45, 2.75) is 26.2 Å². The smallest absolute Gasteiger partial charge is 0.287 e. The van der Waals surface area contributed by atoms with Gasteiger partial charge in [0.15, 0.2) is 5.76 Å². The molecule has 0 aliphatic heterocycles. The van der Waals surface area contributed by atoms with E-state index in [2.05, 4.69) is 5.32 Å². The topological polar surface area (TPSA) is 62.5 Å². The van der Waals surface area contributed by atoms with Gasteiger partial charge in [-0.15, -0.1) is 0 Å². The average Bonchev–Trinajstić information content (AvgIpc) is 2.76. The first-order valence-electron chi connectivity index (χ1n) is 6.61. The number of para-hydroxylation sites is 1. The van der Waals surface area contributed by atoms with Gasteiger partial charge in [0, 0.05) is 24.1 Å². The van der Waals surface area contributed by atoms with Crippen LogP contribution in [0, 0.1) is 6.92 Å². The fraction of sp³-hybridized carbons (Fsp3) is 0.400. The molecule has 1 heterocycles. The van der Waals surface area contributed by atoms with Crippen molar-refractivity contribution < 1.29 is 14.3 Å².